The number of nitrogens with zero attached hydrogens (tertiary/aromatic N) is 3. The summed E-state index contributed by atoms with van der Waals surface area (Å²) < 4.78 is 0. The Morgan fingerprint density at radius 2 is 2.00 bits per heavy atom. The second-order valence-corrected chi connectivity index (χ2v) is 6.96. The summed E-state index contributed by atoms with van der Waals surface area (Å²) in [7, 11) is 0. The summed E-state index contributed by atoms with van der Waals surface area (Å²) in [6, 6.07) is 11.6. The van der Waals surface area contributed by atoms with Gasteiger partial charge in [-0.15, -0.1) is 0 Å². The van der Waals surface area contributed by atoms with E-state index in [-0.39, 0.29) is 0 Å². The van der Waals surface area contributed by atoms with Crippen LogP contribution in [-0.4, -0.2) is 61.1 Å². The molecule has 2 aliphatic heterocycles. The molecule has 2 fully saturated rings. The first-order valence-electron chi connectivity index (χ1n) is 9.64. The summed E-state index contributed by atoms with van der Waals surface area (Å²) in [5.74, 6) is 1.74. The van der Waals surface area contributed by atoms with E-state index >= 15 is 0 Å². The number of hydrogen-bond donors (Lipinski definition) is 1. The molecular weight excluding hydrogens is 296 g/mol. The van der Waals surface area contributed by atoms with Crippen molar-refractivity contribution >= 4 is 5.96 Å². The number of likely N-dealkylation sites (N-methyl/N-ethyl adjacent to an activating group) is 1. The van der Waals surface area contributed by atoms with E-state index in [2.05, 4.69) is 59.3 Å². The molecule has 0 spiro atoms. The van der Waals surface area contributed by atoms with Gasteiger partial charge in [0.1, 0.15) is 0 Å². The first-order chi connectivity index (χ1) is 11.8. The summed E-state index contributed by atoms with van der Waals surface area (Å²) in [6.07, 6.45) is 3.84. The van der Waals surface area contributed by atoms with Gasteiger partial charge in [-0.05, 0) is 44.8 Å². The van der Waals surface area contributed by atoms with Crippen LogP contribution in [0.25, 0.3) is 0 Å². The number of guanidine groups is 1. The van der Waals surface area contributed by atoms with Crippen molar-refractivity contribution in [2.75, 3.05) is 39.3 Å². The van der Waals surface area contributed by atoms with Crippen LogP contribution >= 0.6 is 0 Å². The highest BCUT2D eigenvalue weighted by molar-refractivity contribution is 5.80. The van der Waals surface area contributed by atoms with Crippen molar-refractivity contribution in [3.8, 4) is 0 Å². The summed E-state index contributed by atoms with van der Waals surface area (Å²) in [4.78, 5) is 10.0. The molecule has 1 aromatic rings. The second kappa shape index (κ2) is 8.52. The highest BCUT2D eigenvalue weighted by atomic mass is 15.3. The Balaban J connectivity index is 1.62. The fourth-order valence-corrected chi connectivity index (χ4v) is 4.09. The third-order valence-corrected chi connectivity index (χ3v) is 5.45. The van der Waals surface area contributed by atoms with Gasteiger partial charge in [0, 0.05) is 31.6 Å². The monoisotopic (exact) mass is 328 g/mol. The fourth-order valence-electron chi connectivity index (χ4n) is 4.09. The second-order valence-electron chi connectivity index (χ2n) is 6.96. The molecule has 2 heterocycles. The normalized spacial score (nSPS) is 25.4. The SMILES string of the molecule is CCNC(=NCC1CCCN1CC)N1CCC(c2ccccc2)C1. The van der Waals surface area contributed by atoms with Crippen LogP contribution in [0.2, 0.25) is 0 Å². The maximum absolute atomic E-state index is 4.99. The molecule has 2 aliphatic rings. The molecule has 0 aliphatic carbocycles. The third-order valence-electron chi connectivity index (χ3n) is 5.45. The van der Waals surface area contributed by atoms with Crippen LogP contribution in [0.4, 0.5) is 0 Å². The quantitative estimate of drug-likeness (QED) is 0.666. The summed E-state index contributed by atoms with van der Waals surface area (Å²) >= 11 is 0. The van der Waals surface area contributed by atoms with Crippen molar-refractivity contribution in [2.24, 2.45) is 4.99 Å². The number of likely N-dealkylation sites (tertiary alicyclic amines) is 2. The molecule has 132 valence electrons. The van der Waals surface area contributed by atoms with Crippen molar-refractivity contribution in [1.82, 2.24) is 15.1 Å². The van der Waals surface area contributed by atoms with E-state index < -0.39 is 0 Å². The summed E-state index contributed by atoms with van der Waals surface area (Å²) in [5, 5.41) is 3.51. The van der Waals surface area contributed by atoms with Crippen LogP contribution in [0.15, 0.2) is 35.3 Å². The van der Waals surface area contributed by atoms with E-state index in [1.54, 1.807) is 0 Å². The Bertz CT molecular complexity index is 528. The van der Waals surface area contributed by atoms with Crippen LogP contribution in [-0.2, 0) is 0 Å². The molecule has 4 heteroatoms. The van der Waals surface area contributed by atoms with Gasteiger partial charge in [-0.2, -0.15) is 0 Å². The van der Waals surface area contributed by atoms with Crippen LogP contribution in [0.5, 0.6) is 0 Å². The Kier molecular flexibility index (Phi) is 6.13. The predicted molar refractivity (Wildman–Crippen MR) is 102 cm³/mol. The van der Waals surface area contributed by atoms with Crippen molar-refractivity contribution < 1.29 is 0 Å². The Morgan fingerprint density at radius 3 is 2.75 bits per heavy atom. The molecule has 1 aromatic carbocycles. The van der Waals surface area contributed by atoms with E-state index in [0.29, 0.717) is 12.0 Å². The molecule has 0 radical (unpaired) electrons. The lowest BCUT2D eigenvalue weighted by Gasteiger charge is -2.24. The molecular formula is C20H32N4. The molecule has 4 nitrogen and oxygen atoms in total. The van der Waals surface area contributed by atoms with E-state index in [1.165, 1.54) is 31.4 Å². The minimum absolute atomic E-state index is 0.633. The lowest BCUT2D eigenvalue weighted by molar-refractivity contribution is 0.272. The highest BCUT2D eigenvalue weighted by Gasteiger charge is 2.27. The van der Waals surface area contributed by atoms with Gasteiger partial charge >= 0.3 is 0 Å². The molecule has 0 bridgehead atoms. The van der Waals surface area contributed by atoms with Crippen LogP contribution < -0.4 is 5.32 Å². The van der Waals surface area contributed by atoms with Gasteiger partial charge in [0.05, 0.1) is 6.54 Å². The van der Waals surface area contributed by atoms with Gasteiger partial charge in [-0.25, -0.2) is 0 Å². The van der Waals surface area contributed by atoms with Crippen molar-refractivity contribution in [3.63, 3.8) is 0 Å². The molecule has 24 heavy (non-hydrogen) atoms. The predicted octanol–water partition coefficient (Wildman–Crippen LogP) is 2.93. The first-order valence-corrected chi connectivity index (χ1v) is 9.64. The zero-order chi connectivity index (χ0) is 16.8. The first kappa shape index (κ1) is 17.3. The molecule has 2 atom stereocenters. The molecule has 0 saturated carbocycles. The Labute approximate surface area is 146 Å². The molecule has 0 amide bonds. The number of benzene rings is 1. The maximum Gasteiger partial charge on any atom is 0.193 e. The minimum atomic E-state index is 0.633. The van der Waals surface area contributed by atoms with E-state index in [1.807, 2.05) is 0 Å². The molecule has 1 N–H and O–H groups in total. The zero-order valence-corrected chi connectivity index (χ0v) is 15.2. The summed E-state index contributed by atoms with van der Waals surface area (Å²) in [5.41, 5.74) is 1.46. The molecule has 3 rings (SSSR count). The maximum atomic E-state index is 4.99. The van der Waals surface area contributed by atoms with Gasteiger partial charge in [0.2, 0.25) is 0 Å². The largest absolute Gasteiger partial charge is 0.357 e. The molecule has 0 aromatic heterocycles. The fraction of sp³-hybridized carbons (Fsp3) is 0.650. The van der Waals surface area contributed by atoms with Crippen LogP contribution in [0, 0.1) is 0 Å². The standard InChI is InChI=1S/C20H32N4/c1-3-21-20(22-15-19-11-8-13-23(19)4-2)24-14-12-18(16-24)17-9-6-5-7-10-17/h5-7,9-10,18-19H,3-4,8,11-16H2,1-2H3,(H,21,22). The third kappa shape index (κ3) is 4.10. The van der Waals surface area contributed by atoms with Crippen LogP contribution in [0.3, 0.4) is 0 Å². The van der Waals surface area contributed by atoms with Gasteiger partial charge in [-0.3, -0.25) is 9.89 Å². The van der Waals surface area contributed by atoms with Crippen molar-refractivity contribution in [3.05, 3.63) is 35.9 Å². The Morgan fingerprint density at radius 1 is 1.17 bits per heavy atom. The van der Waals surface area contributed by atoms with E-state index in [4.69, 9.17) is 4.99 Å². The smallest absolute Gasteiger partial charge is 0.193 e. The minimum Gasteiger partial charge on any atom is -0.357 e. The number of nitrogens with one attached hydrogen (secondary N) is 1. The lowest BCUT2D eigenvalue weighted by Crippen LogP contribution is -2.41. The van der Waals surface area contributed by atoms with Gasteiger partial charge in [-0.1, -0.05) is 37.3 Å². The number of aliphatic imine (C=N–C) groups is 1. The highest BCUT2D eigenvalue weighted by Crippen LogP contribution is 2.27. The molecule has 2 unspecified atom stereocenters. The van der Waals surface area contributed by atoms with Gasteiger partial charge in [0.25, 0.3) is 0 Å². The van der Waals surface area contributed by atoms with Gasteiger partial charge in [0.15, 0.2) is 5.96 Å². The van der Waals surface area contributed by atoms with Gasteiger partial charge < -0.3 is 10.2 Å². The average Bonchev–Trinajstić information content (AvgIpc) is 3.28. The lowest BCUT2D eigenvalue weighted by atomic mass is 9.99. The average molecular weight is 329 g/mol. The topological polar surface area (TPSA) is 30.9 Å². The molecule has 2 saturated heterocycles. The van der Waals surface area contributed by atoms with E-state index in [0.717, 1.165) is 38.7 Å². The number of hydrogen-bond acceptors (Lipinski definition) is 2. The van der Waals surface area contributed by atoms with Crippen LogP contribution in [0.1, 0.15) is 44.6 Å². The zero-order valence-electron chi connectivity index (χ0n) is 15.2. The van der Waals surface area contributed by atoms with Crippen molar-refractivity contribution in [1.29, 1.82) is 0 Å². The number of rotatable bonds is 5. The summed E-state index contributed by atoms with van der Waals surface area (Å²) in [6.45, 7) is 10.9. The van der Waals surface area contributed by atoms with E-state index in [9.17, 15) is 0 Å². The Hall–Kier alpha value is -1.55. The van der Waals surface area contributed by atoms with Crippen molar-refractivity contribution in [2.45, 2.75) is 45.1 Å².